The van der Waals surface area contributed by atoms with Gasteiger partial charge in [-0.1, -0.05) is 69.6 Å². The summed E-state index contributed by atoms with van der Waals surface area (Å²) >= 11 is 3.74. The van der Waals surface area contributed by atoms with Crippen LogP contribution in [-0.4, -0.2) is 10.9 Å². The number of benzene rings is 1. The van der Waals surface area contributed by atoms with E-state index in [0.717, 1.165) is 18.6 Å². The van der Waals surface area contributed by atoms with E-state index in [2.05, 4.69) is 75.7 Å². The van der Waals surface area contributed by atoms with E-state index < -0.39 is 0 Å². The van der Waals surface area contributed by atoms with Gasteiger partial charge in [-0.3, -0.25) is 0 Å². The highest BCUT2D eigenvalue weighted by molar-refractivity contribution is 9.09. The van der Waals surface area contributed by atoms with Crippen molar-refractivity contribution in [3.05, 3.63) is 29.3 Å². The summed E-state index contributed by atoms with van der Waals surface area (Å²) in [6.07, 6.45) is 2.47. The van der Waals surface area contributed by atoms with Gasteiger partial charge in [0.1, 0.15) is 11.9 Å². The van der Waals surface area contributed by atoms with Gasteiger partial charge in [0, 0.05) is 10.2 Å². The maximum Gasteiger partial charge on any atom is 0.123 e. The third kappa shape index (κ3) is 2.90. The molecule has 0 radical (unpaired) electrons. The van der Waals surface area contributed by atoms with Crippen molar-refractivity contribution < 1.29 is 4.74 Å². The molecule has 0 aromatic heterocycles. The number of halogens is 1. The van der Waals surface area contributed by atoms with E-state index in [1.54, 1.807) is 0 Å². The minimum atomic E-state index is 0.113. The molecule has 0 N–H and O–H groups in total. The van der Waals surface area contributed by atoms with Crippen molar-refractivity contribution in [1.82, 2.24) is 0 Å². The molecule has 0 bridgehead atoms. The number of ether oxygens (including phenoxy) is 1. The maximum atomic E-state index is 6.36. The fourth-order valence-corrected chi connectivity index (χ4v) is 3.31. The fourth-order valence-electron chi connectivity index (χ4n) is 2.68. The molecule has 2 unspecified atom stereocenters. The SMILES string of the molecule is CCc1ccc(OC2CC(Br)C2(C)C)c(C(C)(C)C)c1. The minimum Gasteiger partial charge on any atom is -0.489 e. The van der Waals surface area contributed by atoms with Crippen LogP contribution in [0.3, 0.4) is 0 Å². The Hall–Kier alpha value is -0.500. The average molecular weight is 339 g/mol. The first kappa shape index (κ1) is 15.9. The summed E-state index contributed by atoms with van der Waals surface area (Å²) in [4.78, 5) is 0.563. The number of hydrogen-bond acceptors (Lipinski definition) is 1. The molecular weight excluding hydrogens is 312 g/mol. The summed E-state index contributed by atoms with van der Waals surface area (Å²) in [7, 11) is 0. The quantitative estimate of drug-likeness (QED) is 0.662. The molecule has 1 nitrogen and oxygen atoms in total. The van der Waals surface area contributed by atoms with Crippen LogP contribution < -0.4 is 4.74 Å². The number of rotatable bonds is 3. The molecule has 0 spiro atoms. The minimum absolute atomic E-state index is 0.113. The van der Waals surface area contributed by atoms with E-state index in [9.17, 15) is 0 Å². The zero-order valence-corrected chi connectivity index (χ0v) is 15.2. The van der Waals surface area contributed by atoms with Crippen molar-refractivity contribution in [1.29, 1.82) is 0 Å². The van der Waals surface area contributed by atoms with Crippen LogP contribution in [0.1, 0.15) is 59.1 Å². The Labute approximate surface area is 132 Å². The molecular formula is C18H27BrO. The average Bonchev–Trinajstić information content (AvgIpc) is 2.37. The number of alkyl halides is 1. The van der Waals surface area contributed by atoms with Crippen molar-refractivity contribution in [2.45, 2.75) is 70.7 Å². The Balaban J connectivity index is 2.28. The smallest absolute Gasteiger partial charge is 0.123 e. The molecule has 2 rings (SSSR count). The summed E-state index contributed by atoms with van der Waals surface area (Å²) in [6.45, 7) is 13.5. The van der Waals surface area contributed by atoms with E-state index in [0.29, 0.717) is 10.9 Å². The van der Waals surface area contributed by atoms with Crippen LogP contribution in [-0.2, 0) is 11.8 Å². The van der Waals surface area contributed by atoms with Crippen molar-refractivity contribution in [3.63, 3.8) is 0 Å². The van der Waals surface area contributed by atoms with Gasteiger partial charge in [-0.2, -0.15) is 0 Å². The van der Waals surface area contributed by atoms with E-state index in [1.165, 1.54) is 11.1 Å². The van der Waals surface area contributed by atoms with Crippen LogP contribution in [0.25, 0.3) is 0 Å². The fraction of sp³-hybridized carbons (Fsp3) is 0.667. The maximum absolute atomic E-state index is 6.36. The lowest BCUT2D eigenvalue weighted by Gasteiger charge is -2.49. The van der Waals surface area contributed by atoms with Gasteiger partial charge < -0.3 is 4.74 Å². The zero-order valence-electron chi connectivity index (χ0n) is 13.6. The van der Waals surface area contributed by atoms with Gasteiger partial charge >= 0.3 is 0 Å². The largest absolute Gasteiger partial charge is 0.489 e. The molecule has 0 saturated heterocycles. The normalized spacial score (nSPS) is 25.1. The van der Waals surface area contributed by atoms with Gasteiger partial charge in [0.05, 0.1) is 0 Å². The van der Waals surface area contributed by atoms with Crippen molar-refractivity contribution in [2.75, 3.05) is 0 Å². The second-order valence-electron chi connectivity index (χ2n) is 7.57. The Morgan fingerprint density at radius 2 is 1.95 bits per heavy atom. The zero-order chi connectivity index (χ0) is 15.1. The van der Waals surface area contributed by atoms with E-state index in [-0.39, 0.29) is 10.8 Å². The van der Waals surface area contributed by atoms with E-state index in [1.807, 2.05) is 0 Å². The van der Waals surface area contributed by atoms with Gasteiger partial charge in [-0.15, -0.1) is 0 Å². The van der Waals surface area contributed by atoms with Crippen molar-refractivity contribution in [2.24, 2.45) is 5.41 Å². The van der Waals surface area contributed by atoms with Gasteiger partial charge in [0.15, 0.2) is 0 Å². The van der Waals surface area contributed by atoms with Crippen molar-refractivity contribution >= 4 is 15.9 Å². The Kier molecular flexibility index (Phi) is 4.26. The molecule has 1 aliphatic rings. The van der Waals surface area contributed by atoms with E-state index in [4.69, 9.17) is 4.74 Å². The van der Waals surface area contributed by atoms with Crippen LogP contribution >= 0.6 is 15.9 Å². The Morgan fingerprint density at radius 1 is 1.30 bits per heavy atom. The molecule has 0 amide bonds. The molecule has 2 atom stereocenters. The van der Waals surface area contributed by atoms with Crippen LogP contribution in [0.15, 0.2) is 18.2 Å². The topological polar surface area (TPSA) is 9.23 Å². The van der Waals surface area contributed by atoms with Crippen LogP contribution in [0.4, 0.5) is 0 Å². The Morgan fingerprint density at radius 3 is 2.40 bits per heavy atom. The predicted octanol–water partition coefficient (Wildman–Crippen LogP) is 5.49. The molecule has 1 aliphatic carbocycles. The highest BCUT2D eigenvalue weighted by Crippen LogP contribution is 2.48. The second kappa shape index (κ2) is 5.36. The summed E-state index contributed by atoms with van der Waals surface area (Å²) in [5.41, 5.74) is 3.03. The predicted molar refractivity (Wildman–Crippen MR) is 90.0 cm³/mol. The molecule has 20 heavy (non-hydrogen) atoms. The van der Waals surface area contributed by atoms with Crippen LogP contribution in [0, 0.1) is 5.41 Å². The summed E-state index contributed by atoms with van der Waals surface area (Å²) in [5, 5.41) is 0. The molecule has 112 valence electrons. The van der Waals surface area contributed by atoms with Gasteiger partial charge in [-0.05, 0) is 35.4 Å². The molecule has 0 aliphatic heterocycles. The van der Waals surface area contributed by atoms with Crippen molar-refractivity contribution in [3.8, 4) is 5.75 Å². The Bertz CT molecular complexity index is 485. The van der Waals surface area contributed by atoms with Crippen LogP contribution in [0.2, 0.25) is 0 Å². The third-order valence-electron chi connectivity index (χ3n) is 4.59. The first-order chi connectivity index (χ1) is 9.16. The highest BCUT2D eigenvalue weighted by Gasteiger charge is 2.48. The third-order valence-corrected chi connectivity index (χ3v) is 6.14. The molecule has 1 aromatic rings. The summed E-state index contributed by atoms with van der Waals surface area (Å²) < 4.78 is 6.36. The highest BCUT2D eigenvalue weighted by atomic mass is 79.9. The molecule has 1 saturated carbocycles. The van der Waals surface area contributed by atoms with Gasteiger partial charge in [0.2, 0.25) is 0 Å². The van der Waals surface area contributed by atoms with Crippen LogP contribution in [0.5, 0.6) is 5.75 Å². The molecule has 2 heteroatoms. The summed E-state index contributed by atoms with van der Waals surface area (Å²) in [5.74, 6) is 1.06. The standard InChI is InChI=1S/C18H27BrO/c1-7-12-8-9-14(13(10-12)17(2,3)4)20-16-11-15(19)18(16,5)6/h8-10,15-16H,7,11H2,1-6H3. The monoisotopic (exact) mass is 338 g/mol. The summed E-state index contributed by atoms with van der Waals surface area (Å²) in [6, 6.07) is 6.67. The first-order valence-corrected chi connectivity index (χ1v) is 8.52. The molecule has 0 heterocycles. The second-order valence-corrected chi connectivity index (χ2v) is 8.67. The lowest BCUT2D eigenvalue weighted by molar-refractivity contribution is -0.00890. The van der Waals surface area contributed by atoms with E-state index >= 15 is 0 Å². The first-order valence-electron chi connectivity index (χ1n) is 7.60. The number of hydrogen-bond donors (Lipinski definition) is 0. The lowest BCUT2D eigenvalue weighted by Crippen LogP contribution is -2.53. The lowest BCUT2D eigenvalue weighted by atomic mass is 9.69. The molecule has 1 aromatic carbocycles. The van der Waals surface area contributed by atoms with Gasteiger partial charge in [0.25, 0.3) is 0 Å². The molecule has 1 fully saturated rings. The number of aryl methyl sites for hydroxylation is 1. The van der Waals surface area contributed by atoms with Gasteiger partial charge in [-0.25, -0.2) is 0 Å².